The van der Waals surface area contributed by atoms with Crippen molar-refractivity contribution < 1.29 is 34.2 Å². The lowest BCUT2D eigenvalue weighted by atomic mass is 9.52. The normalized spacial score (nSPS) is 30.2. The minimum Gasteiger partial charge on any atom is -0.507 e. The van der Waals surface area contributed by atoms with Crippen LogP contribution >= 0.6 is 0 Å². The van der Waals surface area contributed by atoms with Gasteiger partial charge in [0, 0.05) is 32.2 Å². The zero-order valence-electron chi connectivity index (χ0n) is 23.1. The Labute approximate surface area is 227 Å². The second-order valence-corrected chi connectivity index (χ2v) is 11.5. The fourth-order valence-corrected chi connectivity index (χ4v) is 6.95. The van der Waals surface area contributed by atoms with Crippen LogP contribution in [0.2, 0.25) is 0 Å². The number of nitrogens with one attached hydrogen (secondary N) is 1. The van der Waals surface area contributed by atoms with Crippen LogP contribution in [0.3, 0.4) is 0 Å². The summed E-state index contributed by atoms with van der Waals surface area (Å²) >= 11 is 0. The number of carbonyl (C=O) groups excluding carboxylic acids is 5. The number of anilines is 1. The number of fused-ring (bicyclic) bond motifs is 3. The molecule has 0 bridgehead atoms. The van der Waals surface area contributed by atoms with Gasteiger partial charge in [-0.2, -0.15) is 0 Å². The van der Waals surface area contributed by atoms with Gasteiger partial charge in [0.25, 0.3) is 0 Å². The zero-order valence-corrected chi connectivity index (χ0v) is 23.1. The molecular formula is C28H38N4O7. The van der Waals surface area contributed by atoms with E-state index in [1.807, 2.05) is 19.0 Å². The Hall–Kier alpha value is -3.15. The van der Waals surface area contributed by atoms with Crippen molar-refractivity contribution in [1.82, 2.24) is 10.2 Å². The Morgan fingerprint density at radius 2 is 1.82 bits per heavy atom. The third-order valence-corrected chi connectivity index (χ3v) is 8.58. The average Bonchev–Trinajstić information content (AvgIpc) is 2.83. The number of amides is 1. The molecule has 4 rings (SSSR count). The van der Waals surface area contributed by atoms with Gasteiger partial charge in [-0.05, 0) is 63.0 Å². The van der Waals surface area contributed by atoms with Crippen molar-refractivity contribution in [3.8, 4) is 5.75 Å². The number of primary amides is 1. The Morgan fingerprint density at radius 1 is 1.15 bits per heavy atom. The minimum atomic E-state index is -2.72. The van der Waals surface area contributed by atoms with Crippen LogP contribution in [0.15, 0.2) is 6.07 Å². The van der Waals surface area contributed by atoms with E-state index in [1.165, 1.54) is 11.0 Å². The number of Topliss-reactive ketones (excluding diaryl/α,β-unsaturated/α-hetero) is 4. The van der Waals surface area contributed by atoms with Crippen LogP contribution in [0, 0.1) is 23.7 Å². The Kier molecular flexibility index (Phi) is 7.72. The van der Waals surface area contributed by atoms with E-state index < -0.39 is 64.4 Å². The molecule has 11 heteroatoms. The van der Waals surface area contributed by atoms with Crippen molar-refractivity contribution in [2.45, 2.75) is 50.8 Å². The number of aliphatic hydroxyl groups is 1. The summed E-state index contributed by atoms with van der Waals surface area (Å²) in [6, 6.07) is 0.397. The maximum Gasteiger partial charge on any atom is 0.235 e. The molecule has 0 radical (unpaired) electrons. The van der Waals surface area contributed by atoms with Gasteiger partial charge in [-0.1, -0.05) is 13.3 Å². The molecule has 0 saturated heterocycles. The minimum absolute atomic E-state index is 0.00241. The summed E-state index contributed by atoms with van der Waals surface area (Å²) in [5.41, 5.74) is 4.80. The second-order valence-electron chi connectivity index (χ2n) is 11.5. The van der Waals surface area contributed by atoms with E-state index in [0.29, 0.717) is 12.1 Å². The van der Waals surface area contributed by atoms with E-state index >= 15 is 0 Å². The number of nitrogens with two attached hydrogens (primary N) is 1. The molecule has 2 saturated carbocycles. The Balaban J connectivity index is 1.83. The smallest absolute Gasteiger partial charge is 0.235 e. The largest absolute Gasteiger partial charge is 0.507 e. The highest BCUT2D eigenvalue weighted by molar-refractivity contribution is 6.32. The van der Waals surface area contributed by atoms with Gasteiger partial charge in [-0.3, -0.25) is 28.9 Å². The lowest BCUT2D eigenvalue weighted by Crippen LogP contribution is -2.74. The lowest BCUT2D eigenvalue weighted by molar-refractivity contribution is -0.181. The summed E-state index contributed by atoms with van der Waals surface area (Å²) in [6.07, 6.45) is 2.28. The summed E-state index contributed by atoms with van der Waals surface area (Å²) in [4.78, 5) is 69.8. The van der Waals surface area contributed by atoms with Gasteiger partial charge < -0.3 is 26.2 Å². The number of nitrogens with zero attached hydrogens (tertiary/aromatic N) is 2. The molecule has 0 heterocycles. The number of ketones is 4. The van der Waals surface area contributed by atoms with Crippen LogP contribution in [-0.2, 0) is 32.1 Å². The van der Waals surface area contributed by atoms with Gasteiger partial charge >= 0.3 is 0 Å². The van der Waals surface area contributed by atoms with Crippen molar-refractivity contribution >= 4 is 34.7 Å². The first-order valence-electron chi connectivity index (χ1n) is 13.4. The van der Waals surface area contributed by atoms with Gasteiger partial charge in [0.1, 0.15) is 5.75 Å². The van der Waals surface area contributed by atoms with Crippen LogP contribution in [0.25, 0.3) is 0 Å². The predicted octanol–water partition coefficient (Wildman–Crippen LogP) is -0.177. The Bertz CT molecular complexity index is 1240. The van der Waals surface area contributed by atoms with Crippen molar-refractivity contribution in [2.24, 2.45) is 29.4 Å². The zero-order chi connectivity index (χ0) is 29.0. The monoisotopic (exact) mass is 542 g/mol. The molecule has 3 aliphatic carbocycles. The number of hydrogen-bond acceptors (Lipinski definition) is 10. The molecule has 2 unspecified atom stereocenters. The van der Waals surface area contributed by atoms with E-state index in [-0.39, 0.29) is 24.2 Å². The van der Waals surface area contributed by atoms with Crippen molar-refractivity contribution in [3.05, 3.63) is 22.8 Å². The third-order valence-electron chi connectivity index (χ3n) is 8.58. The van der Waals surface area contributed by atoms with Gasteiger partial charge in [0.15, 0.2) is 34.7 Å². The third kappa shape index (κ3) is 4.36. The highest BCUT2D eigenvalue weighted by Crippen LogP contribution is 2.52. The topological polar surface area (TPSA) is 170 Å². The SMILES string of the molecule is CCCCNCc1cc(O)c2c(c1N(C)C)C[C@H]1C[C@H]3[C@H](N(C)C)C(=O)C(C(N)=O)C(=O)[C@@]3(O)C(=O)C1C2=O. The maximum absolute atomic E-state index is 13.9. The standard InChI is InChI=1S/C28H38N4O7/c1-6-7-8-30-12-14-11-17(33)19-15(21(14)31(2)3)9-13-10-16-22(32(4)5)24(35)20(27(29)38)26(37)28(16,39)25(36)18(13)23(19)34/h11,13,16,18,20,22,30,33,39H,6-10,12H2,1-5H3,(H2,29,38)/t13-,16-,18?,20?,22-,28-/m0/s1. The number of rotatable bonds is 8. The first-order valence-corrected chi connectivity index (χ1v) is 13.4. The fourth-order valence-electron chi connectivity index (χ4n) is 6.95. The van der Waals surface area contributed by atoms with Crippen LogP contribution in [0.1, 0.15) is 47.7 Å². The number of carbonyl (C=O) groups is 5. The molecule has 11 nitrogen and oxygen atoms in total. The van der Waals surface area contributed by atoms with E-state index in [2.05, 4.69) is 12.2 Å². The van der Waals surface area contributed by atoms with Gasteiger partial charge in [0.05, 0.1) is 17.5 Å². The quantitative estimate of drug-likeness (QED) is 0.255. The summed E-state index contributed by atoms with van der Waals surface area (Å²) in [6.45, 7) is 3.35. The molecule has 0 aromatic heterocycles. The van der Waals surface area contributed by atoms with Gasteiger partial charge in [-0.15, -0.1) is 0 Å². The molecular weight excluding hydrogens is 504 g/mol. The Morgan fingerprint density at radius 3 is 2.38 bits per heavy atom. The van der Waals surface area contributed by atoms with Crippen molar-refractivity contribution in [1.29, 1.82) is 0 Å². The van der Waals surface area contributed by atoms with E-state index in [1.54, 1.807) is 14.1 Å². The molecule has 0 spiro atoms. The molecule has 212 valence electrons. The average molecular weight is 543 g/mol. The molecule has 1 amide bonds. The van der Waals surface area contributed by atoms with Crippen molar-refractivity contribution in [2.75, 3.05) is 39.6 Å². The number of unbranched alkanes of at least 4 members (excludes halogenated alkanes) is 1. The molecule has 1 aromatic rings. The number of aromatic hydroxyl groups is 1. The highest BCUT2D eigenvalue weighted by atomic mass is 16.3. The van der Waals surface area contributed by atoms with Crippen molar-refractivity contribution in [3.63, 3.8) is 0 Å². The number of phenols is 1. The number of phenolic OH excluding ortho intramolecular Hbond substituents is 1. The molecule has 2 fully saturated rings. The molecule has 6 atom stereocenters. The molecule has 39 heavy (non-hydrogen) atoms. The maximum atomic E-state index is 13.9. The molecule has 3 aliphatic rings. The van der Waals surface area contributed by atoms with E-state index in [0.717, 1.165) is 30.6 Å². The molecule has 0 aliphatic heterocycles. The first kappa shape index (κ1) is 28.8. The van der Waals surface area contributed by atoms with Crippen LogP contribution in [0.5, 0.6) is 5.75 Å². The summed E-state index contributed by atoms with van der Waals surface area (Å²) < 4.78 is 0. The second kappa shape index (κ2) is 10.4. The first-order chi connectivity index (χ1) is 18.3. The van der Waals surface area contributed by atoms with Gasteiger partial charge in [-0.25, -0.2) is 0 Å². The number of likely N-dealkylation sites (N-methyl/N-ethyl adjacent to an activating group) is 1. The van der Waals surface area contributed by atoms with Crippen LogP contribution in [-0.4, -0.2) is 90.5 Å². The summed E-state index contributed by atoms with van der Waals surface area (Å²) in [5, 5.41) is 26.0. The van der Waals surface area contributed by atoms with Crippen LogP contribution in [0.4, 0.5) is 5.69 Å². The highest BCUT2D eigenvalue weighted by Gasteiger charge is 2.69. The summed E-state index contributed by atoms with van der Waals surface area (Å²) in [7, 11) is 6.81. The molecule has 5 N–H and O–H groups in total. The summed E-state index contributed by atoms with van der Waals surface area (Å²) in [5.74, 6) is -10.4. The van der Waals surface area contributed by atoms with E-state index in [9.17, 15) is 34.2 Å². The predicted molar refractivity (Wildman–Crippen MR) is 142 cm³/mol. The lowest BCUT2D eigenvalue weighted by Gasteiger charge is -2.52. The number of hydrogen-bond donors (Lipinski definition) is 4. The fraction of sp³-hybridized carbons (Fsp3) is 0.607. The van der Waals surface area contributed by atoms with E-state index in [4.69, 9.17) is 5.73 Å². The molecule has 1 aromatic carbocycles. The number of benzene rings is 1. The van der Waals surface area contributed by atoms with Crippen LogP contribution < -0.4 is 16.0 Å². The van der Waals surface area contributed by atoms with Gasteiger partial charge in [0.2, 0.25) is 5.91 Å².